The van der Waals surface area contributed by atoms with Crippen LogP contribution in [0.2, 0.25) is 0 Å². The number of halogens is 1. The van der Waals surface area contributed by atoms with Crippen molar-refractivity contribution in [3.05, 3.63) is 34.3 Å². The van der Waals surface area contributed by atoms with Gasteiger partial charge in [-0.05, 0) is 17.7 Å². The highest BCUT2D eigenvalue weighted by Gasteiger charge is 2.19. The van der Waals surface area contributed by atoms with Gasteiger partial charge in [-0.15, -0.1) is 0 Å². The summed E-state index contributed by atoms with van der Waals surface area (Å²) in [6.07, 6.45) is 0. The predicted molar refractivity (Wildman–Crippen MR) is 75.7 cm³/mol. The van der Waals surface area contributed by atoms with Crippen molar-refractivity contribution in [3.8, 4) is 0 Å². The van der Waals surface area contributed by atoms with Crippen LogP contribution in [0.25, 0.3) is 0 Å². The molecule has 1 rings (SSSR count). The Hall–Kier alpha value is -1.56. The largest absolute Gasteiger partial charge is 0.468 e. The highest BCUT2D eigenvalue weighted by molar-refractivity contribution is 9.10. The molecule has 0 aliphatic rings. The first-order valence-corrected chi connectivity index (χ1v) is 6.51. The molecule has 5 nitrogen and oxygen atoms in total. The van der Waals surface area contributed by atoms with Crippen LogP contribution in [0.5, 0.6) is 0 Å². The fraction of sp³-hybridized carbons (Fsp3) is 0.385. The van der Waals surface area contributed by atoms with Crippen molar-refractivity contribution in [2.24, 2.45) is 0 Å². The van der Waals surface area contributed by atoms with Gasteiger partial charge in [0, 0.05) is 25.1 Å². The van der Waals surface area contributed by atoms with Crippen LogP contribution in [0.15, 0.2) is 28.7 Å². The van der Waals surface area contributed by atoms with E-state index in [-0.39, 0.29) is 12.6 Å². The highest BCUT2D eigenvalue weighted by atomic mass is 79.9. The Morgan fingerprint density at radius 3 is 2.53 bits per heavy atom. The first kappa shape index (κ1) is 15.5. The standard InChI is InChI=1S/C13H17BrN2O3/c1-15(2)13(18)16(9-12(17)19-3)8-10-5-4-6-11(14)7-10/h4-7H,8-9H2,1-3H3. The minimum atomic E-state index is -0.440. The van der Waals surface area contributed by atoms with E-state index < -0.39 is 5.97 Å². The van der Waals surface area contributed by atoms with Gasteiger partial charge >= 0.3 is 12.0 Å². The van der Waals surface area contributed by atoms with Gasteiger partial charge in [-0.3, -0.25) is 4.79 Å². The topological polar surface area (TPSA) is 49.9 Å². The monoisotopic (exact) mass is 328 g/mol. The third kappa shape index (κ3) is 4.90. The van der Waals surface area contributed by atoms with Gasteiger partial charge in [0.25, 0.3) is 0 Å². The molecule has 0 bridgehead atoms. The zero-order chi connectivity index (χ0) is 14.4. The third-order valence-corrected chi connectivity index (χ3v) is 2.96. The predicted octanol–water partition coefficient (Wildman–Crippen LogP) is 2.11. The number of rotatable bonds is 4. The molecule has 0 unspecified atom stereocenters. The summed E-state index contributed by atoms with van der Waals surface area (Å²) < 4.78 is 5.54. The number of carbonyl (C=O) groups excluding carboxylic acids is 2. The lowest BCUT2D eigenvalue weighted by molar-refractivity contribution is -0.141. The van der Waals surface area contributed by atoms with E-state index in [9.17, 15) is 9.59 Å². The van der Waals surface area contributed by atoms with Crippen molar-refractivity contribution < 1.29 is 14.3 Å². The molecule has 0 heterocycles. The smallest absolute Gasteiger partial charge is 0.325 e. The van der Waals surface area contributed by atoms with Crippen LogP contribution in [-0.2, 0) is 16.1 Å². The molecule has 0 atom stereocenters. The maximum absolute atomic E-state index is 12.0. The maximum Gasteiger partial charge on any atom is 0.325 e. The molecule has 0 aromatic heterocycles. The van der Waals surface area contributed by atoms with E-state index in [0.717, 1.165) is 10.0 Å². The van der Waals surface area contributed by atoms with Crippen LogP contribution >= 0.6 is 15.9 Å². The summed E-state index contributed by atoms with van der Waals surface area (Å²) in [5, 5.41) is 0. The number of hydrogen-bond acceptors (Lipinski definition) is 3. The first-order valence-electron chi connectivity index (χ1n) is 5.71. The zero-order valence-electron chi connectivity index (χ0n) is 11.2. The Balaban J connectivity index is 2.84. The summed E-state index contributed by atoms with van der Waals surface area (Å²) >= 11 is 3.38. The van der Waals surface area contributed by atoms with Crippen LogP contribution in [0.1, 0.15) is 5.56 Å². The Morgan fingerprint density at radius 1 is 1.32 bits per heavy atom. The Morgan fingerprint density at radius 2 is 2.00 bits per heavy atom. The van der Waals surface area contributed by atoms with Crippen molar-refractivity contribution in [2.45, 2.75) is 6.54 Å². The molecule has 104 valence electrons. The van der Waals surface area contributed by atoms with Gasteiger partial charge in [-0.1, -0.05) is 28.1 Å². The number of benzene rings is 1. The highest BCUT2D eigenvalue weighted by Crippen LogP contribution is 2.14. The summed E-state index contributed by atoms with van der Waals surface area (Å²) in [4.78, 5) is 26.2. The summed E-state index contributed by atoms with van der Waals surface area (Å²) in [6, 6.07) is 7.37. The lowest BCUT2D eigenvalue weighted by Crippen LogP contribution is -2.41. The number of hydrogen-bond donors (Lipinski definition) is 0. The molecule has 0 saturated carbocycles. The van der Waals surface area contributed by atoms with Crippen LogP contribution in [-0.4, -0.2) is 49.6 Å². The van der Waals surface area contributed by atoms with E-state index in [1.54, 1.807) is 14.1 Å². The number of methoxy groups -OCH3 is 1. The van der Waals surface area contributed by atoms with Gasteiger partial charge in [0.1, 0.15) is 6.54 Å². The molecule has 2 amide bonds. The first-order chi connectivity index (χ1) is 8.93. The Labute approximate surface area is 121 Å². The molecule has 0 N–H and O–H groups in total. The van der Waals surface area contributed by atoms with Crippen molar-refractivity contribution in [3.63, 3.8) is 0 Å². The molecule has 0 radical (unpaired) electrons. The van der Waals surface area contributed by atoms with Gasteiger partial charge in [-0.2, -0.15) is 0 Å². The summed E-state index contributed by atoms with van der Waals surface area (Å²) in [7, 11) is 4.60. The van der Waals surface area contributed by atoms with Crippen molar-refractivity contribution in [1.29, 1.82) is 0 Å². The average Bonchev–Trinajstić information content (AvgIpc) is 2.36. The fourth-order valence-electron chi connectivity index (χ4n) is 1.55. The molecule has 0 fully saturated rings. The lowest BCUT2D eigenvalue weighted by atomic mass is 10.2. The fourth-order valence-corrected chi connectivity index (χ4v) is 2.00. The third-order valence-electron chi connectivity index (χ3n) is 2.46. The minimum Gasteiger partial charge on any atom is -0.468 e. The van der Waals surface area contributed by atoms with Gasteiger partial charge in [0.15, 0.2) is 0 Å². The van der Waals surface area contributed by atoms with Crippen LogP contribution < -0.4 is 0 Å². The van der Waals surface area contributed by atoms with Gasteiger partial charge < -0.3 is 14.5 Å². The number of urea groups is 1. The van der Waals surface area contributed by atoms with Gasteiger partial charge in [0.05, 0.1) is 7.11 Å². The summed E-state index contributed by atoms with van der Waals surface area (Å²) in [5.41, 5.74) is 0.938. The van der Waals surface area contributed by atoms with Crippen molar-refractivity contribution >= 4 is 27.9 Å². The second-order valence-corrected chi connectivity index (χ2v) is 5.15. The number of ether oxygens (including phenoxy) is 1. The SMILES string of the molecule is COC(=O)CN(Cc1cccc(Br)c1)C(=O)N(C)C. The molecule has 0 saturated heterocycles. The molecular formula is C13H17BrN2O3. The Bertz CT molecular complexity index is 463. The summed E-state index contributed by atoms with van der Waals surface area (Å²) in [6.45, 7) is 0.283. The molecule has 0 aliphatic heterocycles. The zero-order valence-corrected chi connectivity index (χ0v) is 12.8. The molecule has 1 aromatic rings. The minimum absolute atomic E-state index is 0.0694. The normalized spacial score (nSPS) is 9.89. The number of amides is 2. The van der Waals surface area contributed by atoms with E-state index in [4.69, 9.17) is 0 Å². The molecular weight excluding hydrogens is 312 g/mol. The molecule has 0 spiro atoms. The quantitative estimate of drug-likeness (QED) is 0.795. The van der Waals surface area contributed by atoms with Gasteiger partial charge in [0.2, 0.25) is 0 Å². The number of esters is 1. The molecule has 19 heavy (non-hydrogen) atoms. The lowest BCUT2D eigenvalue weighted by Gasteiger charge is -2.25. The number of carbonyl (C=O) groups is 2. The van der Waals surface area contributed by atoms with Gasteiger partial charge in [-0.25, -0.2) is 4.79 Å². The van der Waals surface area contributed by atoms with E-state index in [2.05, 4.69) is 20.7 Å². The second-order valence-electron chi connectivity index (χ2n) is 4.24. The van der Waals surface area contributed by atoms with Crippen molar-refractivity contribution in [2.75, 3.05) is 27.7 Å². The molecule has 1 aromatic carbocycles. The molecule has 6 heteroatoms. The van der Waals surface area contributed by atoms with E-state index in [1.165, 1.54) is 16.9 Å². The van der Waals surface area contributed by atoms with Crippen molar-refractivity contribution in [1.82, 2.24) is 9.80 Å². The number of nitrogens with zero attached hydrogens (tertiary/aromatic N) is 2. The average molecular weight is 329 g/mol. The van der Waals surface area contributed by atoms with E-state index in [1.807, 2.05) is 24.3 Å². The Kier molecular flexibility index (Phi) is 5.82. The van der Waals surface area contributed by atoms with Crippen LogP contribution in [0, 0.1) is 0 Å². The van der Waals surface area contributed by atoms with Crippen LogP contribution in [0.4, 0.5) is 4.79 Å². The summed E-state index contributed by atoms with van der Waals surface area (Å²) in [5.74, 6) is -0.440. The second kappa shape index (κ2) is 7.13. The maximum atomic E-state index is 12.0. The van der Waals surface area contributed by atoms with E-state index >= 15 is 0 Å². The van der Waals surface area contributed by atoms with E-state index in [0.29, 0.717) is 6.54 Å². The molecule has 0 aliphatic carbocycles. The van der Waals surface area contributed by atoms with Crippen LogP contribution in [0.3, 0.4) is 0 Å².